The van der Waals surface area contributed by atoms with Crippen LogP contribution in [-0.4, -0.2) is 23.2 Å². The number of alkyl halides is 3. The normalized spacial score (nSPS) is 12.7. The Morgan fingerprint density at radius 2 is 1.72 bits per heavy atom. The fourth-order valence-electron chi connectivity index (χ4n) is 1.41. The van der Waals surface area contributed by atoms with Gasteiger partial charge in [-0.3, -0.25) is 0 Å². The smallest absolute Gasteiger partial charge is 0.372 e. The Hall–Kier alpha value is -0.600. The number of anilines is 1. The van der Waals surface area contributed by atoms with Crippen molar-refractivity contribution in [2.75, 3.05) is 12.4 Å². The van der Waals surface area contributed by atoms with Crippen LogP contribution in [0, 0.1) is 3.57 Å². The van der Waals surface area contributed by atoms with Gasteiger partial charge in [0.25, 0.3) is 0 Å². The number of hydrogen-bond donors (Lipinski definition) is 1. The van der Waals surface area contributed by atoms with E-state index in [1.165, 1.54) is 0 Å². The van der Waals surface area contributed by atoms with Crippen molar-refractivity contribution in [3.63, 3.8) is 0 Å². The average Bonchev–Trinajstić information content (AvgIpc) is 2.16. The number of aromatic nitrogens is 2. The molecule has 1 aromatic rings. The third-order valence-corrected chi connectivity index (χ3v) is 3.23. The van der Waals surface area contributed by atoms with Crippen LogP contribution >= 0.6 is 22.6 Å². The minimum absolute atomic E-state index is 0.197. The van der Waals surface area contributed by atoms with Gasteiger partial charge >= 0.3 is 6.18 Å². The minimum Gasteiger partial charge on any atom is -0.372 e. The largest absolute Gasteiger partial charge is 0.396 e. The van der Waals surface area contributed by atoms with Crippen LogP contribution in [-0.2, 0) is 11.8 Å². The van der Waals surface area contributed by atoms with Crippen LogP contribution < -0.4 is 5.32 Å². The van der Waals surface area contributed by atoms with Crippen LogP contribution in [0.1, 0.15) is 32.3 Å². The van der Waals surface area contributed by atoms with Gasteiger partial charge in [-0.15, -0.1) is 0 Å². The SMILES string of the molecule is CNc1nc(CC(F)(F)F)nc(C(C)(C)C)c1I. The molecule has 0 saturated carbocycles. The molecule has 3 nitrogen and oxygen atoms in total. The van der Waals surface area contributed by atoms with Crippen molar-refractivity contribution in [1.29, 1.82) is 0 Å². The Labute approximate surface area is 118 Å². The lowest BCUT2D eigenvalue weighted by Crippen LogP contribution is -2.22. The number of nitrogens with zero attached hydrogens (tertiary/aromatic N) is 2. The number of halogens is 4. The Kier molecular flexibility index (Phi) is 4.45. The maximum atomic E-state index is 12.4. The van der Waals surface area contributed by atoms with Gasteiger partial charge in [0.2, 0.25) is 0 Å². The predicted molar refractivity (Wildman–Crippen MR) is 72.8 cm³/mol. The molecule has 7 heteroatoms. The van der Waals surface area contributed by atoms with Gasteiger partial charge in [-0.25, -0.2) is 9.97 Å². The van der Waals surface area contributed by atoms with Gasteiger partial charge in [0.1, 0.15) is 18.1 Å². The fraction of sp³-hybridized carbons (Fsp3) is 0.636. The van der Waals surface area contributed by atoms with Crippen molar-refractivity contribution >= 4 is 28.4 Å². The lowest BCUT2D eigenvalue weighted by molar-refractivity contribution is -0.128. The zero-order chi connectivity index (χ0) is 14.1. The molecule has 0 aliphatic carbocycles. The van der Waals surface area contributed by atoms with Crippen molar-refractivity contribution in [2.45, 2.75) is 38.8 Å². The molecule has 0 unspecified atom stereocenters. The summed E-state index contributed by atoms with van der Waals surface area (Å²) in [6.45, 7) is 5.73. The van der Waals surface area contributed by atoms with Crippen molar-refractivity contribution in [3.05, 3.63) is 15.1 Å². The highest BCUT2D eigenvalue weighted by molar-refractivity contribution is 14.1. The first-order valence-electron chi connectivity index (χ1n) is 5.36. The molecule has 1 aromatic heterocycles. The first-order valence-corrected chi connectivity index (χ1v) is 6.44. The Morgan fingerprint density at radius 3 is 2.11 bits per heavy atom. The van der Waals surface area contributed by atoms with Crippen LogP contribution in [0.2, 0.25) is 0 Å². The molecule has 0 atom stereocenters. The van der Waals surface area contributed by atoms with Crippen molar-refractivity contribution in [1.82, 2.24) is 9.97 Å². The van der Waals surface area contributed by atoms with Gasteiger partial charge in [0.15, 0.2) is 0 Å². The zero-order valence-corrected chi connectivity index (χ0v) is 12.8. The summed E-state index contributed by atoms with van der Waals surface area (Å²) in [6.07, 6.45) is -5.41. The molecule has 0 aliphatic heterocycles. The summed E-state index contributed by atoms with van der Waals surface area (Å²) in [7, 11) is 1.63. The second-order valence-corrected chi connectivity index (χ2v) is 6.02. The molecule has 0 bridgehead atoms. The zero-order valence-electron chi connectivity index (χ0n) is 10.6. The average molecular weight is 373 g/mol. The summed E-state index contributed by atoms with van der Waals surface area (Å²) in [4.78, 5) is 7.96. The van der Waals surface area contributed by atoms with Gasteiger partial charge < -0.3 is 5.32 Å². The van der Waals surface area contributed by atoms with E-state index in [1.54, 1.807) is 7.05 Å². The molecule has 18 heavy (non-hydrogen) atoms. The van der Waals surface area contributed by atoms with E-state index in [0.717, 1.165) is 3.57 Å². The minimum atomic E-state index is -4.30. The number of rotatable bonds is 2. The molecule has 0 spiro atoms. The lowest BCUT2D eigenvalue weighted by Gasteiger charge is -2.22. The van der Waals surface area contributed by atoms with Crippen LogP contribution in [0.3, 0.4) is 0 Å². The predicted octanol–water partition coefficient (Wildman–Crippen LogP) is 3.53. The maximum Gasteiger partial charge on any atom is 0.396 e. The molecule has 0 fully saturated rings. The summed E-state index contributed by atoms with van der Waals surface area (Å²) < 4.78 is 38.0. The van der Waals surface area contributed by atoms with E-state index in [4.69, 9.17) is 0 Å². The highest BCUT2D eigenvalue weighted by Crippen LogP contribution is 2.30. The number of nitrogens with one attached hydrogen (secondary N) is 1. The van der Waals surface area contributed by atoms with Gasteiger partial charge in [0, 0.05) is 12.5 Å². The van der Waals surface area contributed by atoms with E-state index in [0.29, 0.717) is 11.5 Å². The topological polar surface area (TPSA) is 37.8 Å². The first-order chi connectivity index (χ1) is 8.04. The van der Waals surface area contributed by atoms with Crippen LogP contribution in [0.15, 0.2) is 0 Å². The van der Waals surface area contributed by atoms with E-state index < -0.39 is 12.6 Å². The van der Waals surface area contributed by atoms with E-state index in [-0.39, 0.29) is 11.2 Å². The molecule has 1 heterocycles. The summed E-state index contributed by atoms with van der Waals surface area (Å²) in [5, 5.41) is 2.81. The highest BCUT2D eigenvalue weighted by Gasteiger charge is 2.31. The summed E-state index contributed by atoms with van der Waals surface area (Å²) >= 11 is 2.05. The summed E-state index contributed by atoms with van der Waals surface area (Å²) in [5.74, 6) is 0.243. The van der Waals surface area contributed by atoms with E-state index in [9.17, 15) is 13.2 Å². The standard InChI is InChI=1S/C11H15F3IN3/c1-10(2,3)8-7(15)9(16-4)18-6(17-8)5-11(12,13)14/h5H2,1-4H3,(H,16,17,18). The quantitative estimate of drug-likeness (QED) is 0.807. The molecule has 1 N–H and O–H groups in total. The molecular formula is C11H15F3IN3. The van der Waals surface area contributed by atoms with E-state index in [1.807, 2.05) is 20.8 Å². The van der Waals surface area contributed by atoms with Crippen LogP contribution in [0.5, 0.6) is 0 Å². The van der Waals surface area contributed by atoms with Gasteiger partial charge in [-0.2, -0.15) is 13.2 Å². The third kappa shape index (κ3) is 3.96. The Balaban J connectivity index is 3.31. The third-order valence-electron chi connectivity index (χ3n) is 2.20. The summed E-state index contributed by atoms with van der Waals surface area (Å²) in [6, 6.07) is 0. The van der Waals surface area contributed by atoms with Crippen LogP contribution in [0.4, 0.5) is 19.0 Å². The second kappa shape index (κ2) is 5.18. The first kappa shape index (κ1) is 15.5. The van der Waals surface area contributed by atoms with Crippen molar-refractivity contribution < 1.29 is 13.2 Å². The van der Waals surface area contributed by atoms with Crippen LogP contribution in [0.25, 0.3) is 0 Å². The van der Waals surface area contributed by atoms with Gasteiger partial charge in [-0.1, -0.05) is 20.8 Å². The van der Waals surface area contributed by atoms with Gasteiger partial charge in [0.05, 0.1) is 9.26 Å². The fourth-order valence-corrected chi connectivity index (χ4v) is 2.73. The monoisotopic (exact) mass is 373 g/mol. The van der Waals surface area contributed by atoms with E-state index in [2.05, 4.69) is 37.9 Å². The highest BCUT2D eigenvalue weighted by atomic mass is 127. The molecular weight excluding hydrogens is 358 g/mol. The Bertz CT molecular complexity index is 438. The van der Waals surface area contributed by atoms with Crippen molar-refractivity contribution in [2.24, 2.45) is 0 Å². The maximum absolute atomic E-state index is 12.4. The molecule has 0 aromatic carbocycles. The molecule has 0 saturated heterocycles. The molecule has 0 radical (unpaired) electrons. The Morgan fingerprint density at radius 1 is 1.17 bits per heavy atom. The molecule has 0 aliphatic rings. The molecule has 1 rings (SSSR count). The van der Waals surface area contributed by atoms with E-state index >= 15 is 0 Å². The summed E-state index contributed by atoms with van der Waals surface area (Å²) in [5.41, 5.74) is 0.299. The van der Waals surface area contributed by atoms with Gasteiger partial charge in [-0.05, 0) is 22.6 Å². The molecule has 0 amide bonds. The number of hydrogen-bond acceptors (Lipinski definition) is 3. The lowest BCUT2D eigenvalue weighted by atomic mass is 9.92. The molecule has 102 valence electrons. The second-order valence-electron chi connectivity index (χ2n) is 4.94. The van der Waals surface area contributed by atoms with Crippen molar-refractivity contribution in [3.8, 4) is 0 Å².